The summed E-state index contributed by atoms with van der Waals surface area (Å²) in [4.78, 5) is 11.9. The lowest BCUT2D eigenvalue weighted by molar-refractivity contribution is -0.116. The molecule has 4 rings (SSSR count). The molecule has 126 valence electrons. The Labute approximate surface area is 140 Å². The average molecular weight is 314 g/mol. The monoisotopic (exact) mass is 314 g/mol. The molecular weight excluding hydrogens is 284 g/mol. The first kappa shape index (κ1) is 15.6. The van der Waals surface area contributed by atoms with Crippen molar-refractivity contribution in [2.75, 3.05) is 0 Å². The fraction of sp³-hybridized carbons (Fsp3) is 0.762. The fourth-order valence-corrected chi connectivity index (χ4v) is 6.81. The zero-order chi connectivity index (χ0) is 16.2. The van der Waals surface area contributed by atoms with E-state index in [9.17, 15) is 9.90 Å². The van der Waals surface area contributed by atoms with E-state index in [-0.39, 0.29) is 11.5 Å². The van der Waals surface area contributed by atoms with Gasteiger partial charge in [0.05, 0.1) is 6.10 Å². The number of carbonyl (C=O) groups is 1. The van der Waals surface area contributed by atoms with E-state index < -0.39 is 0 Å². The predicted octanol–water partition coefficient (Wildman–Crippen LogP) is 4.29. The Kier molecular flexibility index (Phi) is 3.79. The number of rotatable bonds is 2. The van der Waals surface area contributed by atoms with Gasteiger partial charge in [0.15, 0.2) is 5.78 Å². The summed E-state index contributed by atoms with van der Waals surface area (Å²) >= 11 is 0. The van der Waals surface area contributed by atoms with Crippen LogP contribution in [-0.4, -0.2) is 17.0 Å². The number of ketones is 1. The summed E-state index contributed by atoms with van der Waals surface area (Å²) < 4.78 is 0. The molecule has 1 N–H and O–H groups in total. The second kappa shape index (κ2) is 5.58. The molecule has 0 amide bonds. The fourth-order valence-electron chi connectivity index (χ4n) is 6.81. The van der Waals surface area contributed by atoms with Crippen LogP contribution in [0.2, 0.25) is 0 Å². The molecule has 0 heterocycles. The number of hydrogen-bond donors (Lipinski definition) is 1. The molecule has 0 radical (unpaired) electrons. The van der Waals surface area contributed by atoms with E-state index in [2.05, 4.69) is 19.6 Å². The van der Waals surface area contributed by atoms with E-state index in [1.165, 1.54) is 24.8 Å². The first-order valence-corrected chi connectivity index (χ1v) is 9.57. The number of aliphatic hydroxyl groups is 1. The lowest BCUT2D eigenvalue weighted by atomic mass is 9.49. The highest BCUT2D eigenvalue weighted by Crippen LogP contribution is 2.63. The molecule has 0 aliphatic heterocycles. The Bertz CT molecular complexity index is 548. The average Bonchev–Trinajstić information content (AvgIpc) is 2.83. The lowest BCUT2D eigenvalue weighted by Gasteiger charge is -2.56. The van der Waals surface area contributed by atoms with Crippen LogP contribution in [0.15, 0.2) is 24.3 Å². The molecule has 0 bridgehead atoms. The third-order valence-corrected chi connectivity index (χ3v) is 7.89. The van der Waals surface area contributed by atoms with E-state index in [4.69, 9.17) is 0 Å². The summed E-state index contributed by atoms with van der Waals surface area (Å²) in [5.74, 6) is 3.72. The van der Waals surface area contributed by atoms with Crippen molar-refractivity contribution in [2.45, 2.75) is 64.4 Å². The van der Waals surface area contributed by atoms with Crippen LogP contribution in [-0.2, 0) is 4.79 Å². The highest BCUT2D eigenvalue weighted by Gasteiger charge is 2.58. The molecule has 0 spiro atoms. The van der Waals surface area contributed by atoms with Crippen LogP contribution in [0.3, 0.4) is 0 Å². The first-order chi connectivity index (χ1) is 11.0. The van der Waals surface area contributed by atoms with Gasteiger partial charge in [-0.1, -0.05) is 18.6 Å². The minimum atomic E-state index is -0.109. The van der Waals surface area contributed by atoms with Crippen molar-refractivity contribution in [3.05, 3.63) is 24.3 Å². The van der Waals surface area contributed by atoms with Crippen LogP contribution in [0.25, 0.3) is 0 Å². The van der Waals surface area contributed by atoms with Gasteiger partial charge in [0.25, 0.3) is 0 Å². The zero-order valence-corrected chi connectivity index (χ0v) is 14.3. The number of allylic oxidation sites excluding steroid dienone is 2. The van der Waals surface area contributed by atoms with Crippen LogP contribution in [0.1, 0.15) is 58.3 Å². The summed E-state index contributed by atoms with van der Waals surface area (Å²) in [6.07, 6.45) is 12.5. The summed E-state index contributed by atoms with van der Waals surface area (Å²) in [5, 5.41) is 10.6. The summed E-state index contributed by atoms with van der Waals surface area (Å²) in [7, 11) is 0. The van der Waals surface area contributed by atoms with Crippen LogP contribution in [0.5, 0.6) is 0 Å². The predicted molar refractivity (Wildman–Crippen MR) is 91.8 cm³/mol. The normalized spacial score (nSPS) is 49.0. The van der Waals surface area contributed by atoms with E-state index in [0.29, 0.717) is 23.5 Å². The second-order valence-corrected chi connectivity index (χ2v) is 8.80. The standard InChI is InChI=1S/C21H30O2/c1-3-4-13-11-14-12-15(22)5-6-16(14)17-9-10-21(2)18(20(13)17)7-8-19(21)23/h3,12-13,16-20,23H,1,4-11H2,2H3/t13?,16-,17+,18-,19-,20+,21-/m0/s1. The Morgan fingerprint density at radius 2 is 2.17 bits per heavy atom. The highest BCUT2D eigenvalue weighted by molar-refractivity contribution is 5.91. The zero-order valence-electron chi connectivity index (χ0n) is 14.3. The van der Waals surface area contributed by atoms with Crippen molar-refractivity contribution >= 4 is 5.78 Å². The number of aliphatic hydroxyl groups excluding tert-OH is 1. The van der Waals surface area contributed by atoms with Crippen LogP contribution in [0.4, 0.5) is 0 Å². The topological polar surface area (TPSA) is 37.3 Å². The summed E-state index contributed by atoms with van der Waals surface area (Å²) in [6, 6.07) is 0. The highest BCUT2D eigenvalue weighted by atomic mass is 16.3. The van der Waals surface area contributed by atoms with Crippen LogP contribution < -0.4 is 0 Å². The van der Waals surface area contributed by atoms with Gasteiger partial charge in [-0.2, -0.15) is 0 Å². The molecule has 3 saturated carbocycles. The third kappa shape index (κ3) is 2.28. The molecule has 4 aliphatic rings. The molecule has 0 aromatic heterocycles. The Balaban J connectivity index is 1.70. The molecule has 2 nitrogen and oxygen atoms in total. The SMILES string of the molecule is C=CCC1CC2=CC(=O)CC[C@@H]2[C@H]2CC[C@]3(C)[C@@H](O)CC[C@H]3[C@H]12. The molecule has 7 atom stereocenters. The van der Waals surface area contributed by atoms with E-state index in [1.54, 1.807) is 0 Å². The van der Waals surface area contributed by atoms with Crippen molar-refractivity contribution in [1.29, 1.82) is 0 Å². The molecule has 0 aromatic carbocycles. The van der Waals surface area contributed by atoms with Gasteiger partial charge in [-0.3, -0.25) is 4.79 Å². The van der Waals surface area contributed by atoms with E-state index in [0.717, 1.165) is 43.9 Å². The largest absolute Gasteiger partial charge is 0.393 e. The Morgan fingerprint density at radius 1 is 1.35 bits per heavy atom. The number of carbonyl (C=O) groups excluding carboxylic acids is 1. The van der Waals surface area contributed by atoms with E-state index >= 15 is 0 Å². The van der Waals surface area contributed by atoms with Crippen LogP contribution in [0, 0.1) is 35.0 Å². The van der Waals surface area contributed by atoms with Crippen LogP contribution >= 0.6 is 0 Å². The maximum absolute atomic E-state index is 11.9. The minimum Gasteiger partial charge on any atom is -0.393 e. The van der Waals surface area contributed by atoms with Crippen molar-refractivity contribution in [2.24, 2.45) is 35.0 Å². The summed E-state index contributed by atoms with van der Waals surface area (Å²) in [5.41, 5.74) is 1.57. The van der Waals surface area contributed by atoms with Gasteiger partial charge < -0.3 is 5.11 Å². The molecule has 3 fully saturated rings. The van der Waals surface area contributed by atoms with Crippen molar-refractivity contribution < 1.29 is 9.90 Å². The Morgan fingerprint density at radius 3 is 2.96 bits per heavy atom. The molecule has 0 saturated heterocycles. The first-order valence-electron chi connectivity index (χ1n) is 9.57. The molecule has 1 unspecified atom stereocenters. The molecule has 0 aromatic rings. The molecule has 23 heavy (non-hydrogen) atoms. The quantitative estimate of drug-likeness (QED) is 0.772. The van der Waals surface area contributed by atoms with Gasteiger partial charge in [0.2, 0.25) is 0 Å². The second-order valence-electron chi connectivity index (χ2n) is 8.80. The van der Waals surface area contributed by atoms with Gasteiger partial charge in [-0.15, -0.1) is 6.58 Å². The van der Waals surface area contributed by atoms with E-state index in [1.807, 2.05) is 6.08 Å². The van der Waals surface area contributed by atoms with Gasteiger partial charge in [0, 0.05) is 6.42 Å². The third-order valence-electron chi connectivity index (χ3n) is 7.89. The summed E-state index contributed by atoms with van der Waals surface area (Å²) in [6.45, 7) is 6.33. The van der Waals surface area contributed by atoms with Crippen molar-refractivity contribution in [1.82, 2.24) is 0 Å². The van der Waals surface area contributed by atoms with Gasteiger partial charge in [0.1, 0.15) is 0 Å². The molecule has 2 heteroatoms. The number of hydrogen-bond acceptors (Lipinski definition) is 2. The molecule has 4 aliphatic carbocycles. The van der Waals surface area contributed by atoms with Crippen molar-refractivity contribution in [3.63, 3.8) is 0 Å². The van der Waals surface area contributed by atoms with Gasteiger partial charge >= 0.3 is 0 Å². The number of fused-ring (bicyclic) bond motifs is 5. The maximum Gasteiger partial charge on any atom is 0.155 e. The van der Waals surface area contributed by atoms with Crippen molar-refractivity contribution in [3.8, 4) is 0 Å². The maximum atomic E-state index is 11.9. The minimum absolute atomic E-state index is 0.109. The molecular formula is C21H30O2. The van der Waals surface area contributed by atoms with Gasteiger partial charge in [-0.25, -0.2) is 0 Å². The lowest BCUT2D eigenvalue weighted by Crippen LogP contribution is -2.50. The smallest absolute Gasteiger partial charge is 0.155 e. The van der Waals surface area contributed by atoms with Gasteiger partial charge in [-0.05, 0) is 86.0 Å². The Hall–Kier alpha value is -0.890.